The van der Waals surface area contributed by atoms with Gasteiger partial charge in [-0.1, -0.05) is 17.7 Å². The number of fused-ring (bicyclic) bond motifs is 1. The van der Waals surface area contributed by atoms with E-state index in [4.69, 9.17) is 4.74 Å². The van der Waals surface area contributed by atoms with Crippen molar-refractivity contribution in [3.8, 4) is 5.75 Å². The van der Waals surface area contributed by atoms with Crippen molar-refractivity contribution in [3.05, 3.63) is 53.6 Å². The number of anilines is 2. The van der Waals surface area contributed by atoms with Crippen molar-refractivity contribution in [2.75, 3.05) is 17.4 Å². The van der Waals surface area contributed by atoms with Crippen LogP contribution in [0.15, 0.2) is 42.5 Å². The van der Waals surface area contributed by atoms with Gasteiger partial charge in [-0.3, -0.25) is 4.79 Å². The molecule has 1 amide bonds. The van der Waals surface area contributed by atoms with Crippen molar-refractivity contribution >= 4 is 17.3 Å². The van der Waals surface area contributed by atoms with Gasteiger partial charge in [0.25, 0.3) is 5.91 Å². The lowest BCUT2D eigenvalue weighted by atomic mass is 10.1. The van der Waals surface area contributed by atoms with Crippen LogP contribution < -0.4 is 15.4 Å². The molecule has 0 saturated carbocycles. The molecule has 0 bridgehead atoms. The van der Waals surface area contributed by atoms with Crippen molar-refractivity contribution in [2.45, 2.75) is 6.92 Å². The summed E-state index contributed by atoms with van der Waals surface area (Å²) >= 11 is 0. The van der Waals surface area contributed by atoms with Gasteiger partial charge in [0.1, 0.15) is 5.75 Å². The molecule has 19 heavy (non-hydrogen) atoms. The maximum Gasteiger partial charge on any atom is 0.255 e. The highest BCUT2D eigenvalue weighted by Gasteiger charge is 2.14. The molecule has 1 aliphatic heterocycles. The molecule has 0 unspecified atom stereocenters. The quantitative estimate of drug-likeness (QED) is 0.866. The lowest BCUT2D eigenvalue weighted by Gasteiger charge is -2.06. The summed E-state index contributed by atoms with van der Waals surface area (Å²) in [5, 5.41) is 5.93. The summed E-state index contributed by atoms with van der Waals surface area (Å²) in [7, 11) is 0. The monoisotopic (exact) mass is 254 g/mol. The van der Waals surface area contributed by atoms with E-state index in [1.807, 2.05) is 31.2 Å². The topological polar surface area (TPSA) is 50.4 Å². The number of ether oxygens (including phenoxy) is 1. The minimum absolute atomic E-state index is 0.125. The largest absolute Gasteiger partial charge is 0.471 e. The van der Waals surface area contributed by atoms with Gasteiger partial charge in [-0.15, -0.1) is 0 Å². The van der Waals surface area contributed by atoms with Crippen LogP contribution in [0.1, 0.15) is 15.9 Å². The number of hydrogen-bond acceptors (Lipinski definition) is 3. The number of carbonyl (C=O) groups excluding carboxylic acids is 1. The van der Waals surface area contributed by atoms with Crippen LogP contribution in [-0.4, -0.2) is 12.6 Å². The molecule has 2 N–H and O–H groups in total. The number of benzene rings is 2. The Hall–Kier alpha value is -2.49. The number of aryl methyl sites for hydroxylation is 1. The first-order chi connectivity index (χ1) is 9.22. The molecule has 1 heterocycles. The second-order valence-electron chi connectivity index (χ2n) is 4.50. The number of carbonyl (C=O) groups is 1. The zero-order valence-corrected chi connectivity index (χ0v) is 10.6. The van der Waals surface area contributed by atoms with Gasteiger partial charge in [0, 0.05) is 11.3 Å². The fourth-order valence-corrected chi connectivity index (χ4v) is 1.97. The predicted molar refractivity (Wildman–Crippen MR) is 74.7 cm³/mol. The van der Waals surface area contributed by atoms with Gasteiger partial charge < -0.3 is 15.4 Å². The molecule has 0 atom stereocenters. The van der Waals surface area contributed by atoms with Crippen molar-refractivity contribution < 1.29 is 9.53 Å². The summed E-state index contributed by atoms with van der Waals surface area (Å²) in [5.74, 6) is 0.659. The molecule has 0 spiro atoms. The fraction of sp³-hybridized carbons (Fsp3) is 0.133. The summed E-state index contributed by atoms with van der Waals surface area (Å²) in [6.07, 6.45) is 0. The molecule has 0 fully saturated rings. The maximum atomic E-state index is 12.1. The van der Waals surface area contributed by atoms with Gasteiger partial charge in [-0.05, 0) is 37.3 Å². The summed E-state index contributed by atoms with van der Waals surface area (Å²) in [6, 6.07) is 13.1. The summed E-state index contributed by atoms with van der Waals surface area (Å²) in [4.78, 5) is 12.1. The Balaban J connectivity index is 1.78. The van der Waals surface area contributed by atoms with E-state index in [2.05, 4.69) is 10.6 Å². The summed E-state index contributed by atoms with van der Waals surface area (Å²) < 4.78 is 5.32. The highest BCUT2D eigenvalue weighted by molar-refractivity contribution is 6.05. The summed E-state index contributed by atoms with van der Waals surface area (Å²) in [5.41, 5.74) is 3.42. The van der Waals surface area contributed by atoms with Crippen LogP contribution >= 0.6 is 0 Å². The van der Waals surface area contributed by atoms with Crippen molar-refractivity contribution in [3.63, 3.8) is 0 Å². The minimum atomic E-state index is -0.125. The van der Waals surface area contributed by atoms with E-state index in [-0.39, 0.29) is 5.91 Å². The first kappa shape index (κ1) is 11.6. The molecule has 4 heteroatoms. The lowest BCUT2D eigenvalue weighted by molar-refractivity contribution is 0.102. The van der Waals surface area contributed by atoms with Crippen molar-refractivity contribution in [1.82, 2.24) is 0 Å². The molecule has 96 valence electrons. The Morgan fingerprint density at radius 2 is 2.00 bits per heavy atom. The van der Waals surface area contributed by atoms with Gasteiger partial charge in [0.2, 0.25) is 0 Å². The van der Waals surface area contributed by atoms with E-state index < -0.39 is 0 Å². The van der Waals surface area contributed by atoms with Gasteiger partial charge in [0.05, 0.1) is 5.69 Å². The Morgan fingerprint density at radius 3 is 2.79 bits per heavy atom. The van der Waals surface area contributed by atoms with E-state index in [1.54, 1.807) is 18.2 Å². The molecule has 2 aromatic rings. The minimum Gasteiger partial charge on any atom is -0.471 e. The van der Waals surface area contributed by atoms with Crippen LogP contribution in [0, 0.1) is 6.92 Å². The SMILES string of the molecule is Cc1ccc(NC(=O)c2ccc3c(c2)NCO3)cc1. The third kappa shape index (κ3) is 2.38. The van der Waals surface area contributed by atoms with Gasteiger partial charge in [0.15, 0.2) is 6.73 Å². The average Bonchev–Trinajstić information content (AvgIpc) is 2.88. The van der Waals surface area contributed by atoms with E-state index >= 15 is 0 Å². The van der Waals surface area contributed by atoms with E-state index in [0.717, 1.165) is 22.7 Å². The molecule has 0 aromatic heterocycles. The first-order valence-corrected chi connectivity index (χ1v) is 6.11. The highest BCUT2D eigenvalue weighted by Crippen LogP contribution is 2.29. The van der Waals surface area contributed by atoms with Gasteiger partial charge in [-0.25, -0.2) is 0 Å². The van der Waals surface area contributed by atoms with Crippen LogP contribution in [-0.2, 0) is 0 Å². The second-order valence-corrected chi connectivity index (χ2v) is 4.50. The van der Waals surface area contributed by atoms with Crippen LogP contribution in [0.5, 0.6) is 5.75 Å². The molecular weight excluding hydrogens is 240 g/mol. The molecule has 0 radical (unpaired) electrons. The molecule has 3 rings (SSSR count). The third-order valence-electron chi connectivity index (χ3n) is 3.04. The Bertz CT molecular complexity index is 621. The molecule has 2 aromatic carbocycles. The Kier molecular flexibility index (Phi) is 2.83. The maximum absolute atomic E-state index is 12.1. The number of nitrogens with one attached hydrogen (secondary N) is 2. The van der Waals surface area contributed by atoms with E-state index in [0.29, 0.717) is 12.3 Å². The van der Waals surface area contributed by atoms with Crippen molar-refractivity contribution in [1.29, 1.82) is 0 Å². The smallest absolute Gasteiger partial charge is 0.255 e. The Morgan fingerprint density at radius 1 is 1.21 bits per heavy atom. The molecular formula is C15H14N2O2. The third-order valence-corrected chi connectivity index (χ3v) is 3.04. The van der Waals surface area contributed by atoms with E-state index in [1.165, 1.54) is 0 Å². The second kappa shape index (κ2) is 4.65. The molecule has 0 aliphatic carbocycles. The average molecular weight is 254 g/mol. The zero-order valence-electron chi connectivity index (χ0n) is 10.6. The Labute approximate surface area is 111 Å². The molecule has 0 saturated heterocycles. The van der Waals surface area contributed by atoms with Gasteiger partial charge >= 0.3 is 0 Å². The number of amides is 1. The standard InChI is InChI=1S/C15H14N2O2/c1-10-2-5-12(6-3-10)17-15(18)11-4-7-14-13(8-11)16-9-19-14/h2-8,16H,9H2,1H3,(H,17,18). The number of rotatable bonds is 2. The first-order valence-electron chi connectivity index (χ1n) is 6.11. The van der Waals surface area contributed by atoms with E-state index in [9.17, 15) is 4.79 Å². The van der Waals surface area contributed by atoms with Crippen LogP contribution in [0.2, 0.25) is 0 Å². The fourth-order valence-electron chi connectivity index (χ4n) is 1.97. The lowest BCUT2D eigenvalue weighted by Crippen LogP contribution is -2.11. The number of hydrogen-bond donors (Lipinski definition) is 2. The normalized spacial score (nSPS) is 12.3. The predicted octanol–water partition coefficient (Wildman–Crippen LogP) is 3.01. The molecule has 4 nitrogen and oxygen atoms in total. The van der Waals surface area contributed by atoms with Gasteiger partial charge in [-0.2, -0.15) is 0 Å². The highest BCUT2D eigenvalue weighted by atomic mass is 16.5. The van der Waals surface area contributed by atoms with Crippen LogP contribution in [0.3, 0.4) is 0 Å². The summed E-state index contributed by atoms with van der Waals surface area (Å²) in [6.45, 7) is 2.47. The molecule has 1 aliphatic rings. The zero-order chi connectivity index (χ0) is 13.2. The van der Waals surface area contributed by atoms with Crippen LogP contribution in [0.4, 0.5) is 11.4 Å². The van der Waals surface area contributed by atoms with Crippen molar-refractivity contribution in [2.24, 2.45) is 0 Å². The van der Waals surface area contributed by atoms with Crippen LogP contribution in [0.25, 0.3) is 0 Å².